The summed E-state index contributed by atoms with van der Waals surface area (Å²) in [7, 11) is 0. The first-order chi connectivity index (χ1) is 9.67. The lowest BCUT2D eigenvalue weighted by Gasteiger charge is -2.23. The summed E-state index contributed by atoms with van der Waals surface area (Å²) in [6, 6.07) is 7.40. The van der Waals surface area contributed by atoms with Gasteiger partial charge in [0.2, 0.25) is 0 Å². The van der Waals surface area contributed by atoms with Crippen LogP contribution in [0.1, 0.15) is 5.56 Å². The van der Waals surface area contributed by atoms with Gasteiger partial charge in [-0.2, -0.15) is 0 Å². The summed E-state index contributed by atoms with van der Waals surface area (Å²) in [5.41, 5.74) is 0.879. The highest BCUT2D eigenvalue weighted by molar-refractivity contribution is 6.31. The second-order valence-electron chi connectivity index (χ2n) is 4.51. The van der Waals surface area contributed by atoms with Gasteiger partial charge in [-0.15, -0.1) is 0 Å². The van der Waals surface area contributed by atoms with E-state index in [1.807, 2.05) is 18.2 Å². The van der Waals surface area contributed by atoms with E-state index in [1.165, 1.54) is 0 Å². The fourth-order valence-electron chi connectivity index (χ4n) is 1.85. The lowest BCUT2D eigenvalue weighted by atomic mass is 10.2. The van der Waals surface area contributed by atoms with Crippen LogP contribution in [-0.4, -0.2) is 65.8 Å². The Morgan fingerprint density at radius 3 is 2.40 bits per heavy atom. The Morgan fingerprint density at radius 2 is 1.80 bits per heavy atom. The average Bonchev–Trinajstić information content (AvgIpc) is 2.41. The Bertz CT molecular complexity index is 372. The predicted octanol–water partition coefficient (Wildman–Crippen LogP) is 0.504. The van der Waals surface area contributed by atoms with Gasteiger partial charge in [-0.3, -0.25) is 4.90 Å². The summed E-state index contributed by atoms with van der Waals surface area (Å²) in [6.45, 7) is 1.70. The van der Waals surface area contributed by atoms with Crippen LogP contribution >= 0.6 is 11.6 Å². The summed E-state index contributed by atoms with van der Waals surface area (Å²) >= 11 is 6.00. The molecule has 6 heteroatoms. The monoisotopic (exact) mass is 303 g/mol. The van der Waals surface area contributed by atoms with Gasteiger partial charge in [-0.05, 0) is 11.6 Å². The molecule has 5 nitrogen and oxygen atoms in total. The van der Waals surface area contributed by atoms with Crippen LogP contribution < -0.4 is 0 Å². The second kappa shape index (κ2) is 10.1. The van der Waals surface area contributed by atoms with E-state index in [1.54, 1.807) is 11.0 Å². The third kappa shape index (κ3) is 6.65. The molecule has 0 aromatic heterocycles. The van der Waals surface area contributed by atoms with Crippen molar-refractivity contribution in [3.63, 3.8) is 0 Å². The van der Waals surface area contributed by atoms with Crippen molar-refractivity contribution in [3.05, 3.63) is 34.9 Å². The van der Waals surface area contributed by atoms with Crippen molar-refractivity contribution in [3.8, 4) is 0 Å². The van der Waals surface area contributed by atoms with Gasteiger partial charge in [0.25, 0.3) is 0 Å². The molecular formula is C14H22ClNO4. The quantitative estimate of drug-likeness (QED) is 0.587. The predicted molar refractivity (Wildman–Crippen MR) is 77.7 cm³/mol. The summed E-state index contributed by atoms with van der Waals surface area (Å²) in [5, 5.41) is 28.3. The number of nitrogens with zero attached hydrogens (tertiary/aromatic N) is 1. The van der Waals surface area contributed by atoms with Gasteiger partial charge in [-0.1, -0.05) is 29.8 Å². The minimum Gasteiger partial charge on any atom is -0.395 e. The Balaban J connectivity index is 2.28. The van der Waals surface area contributed by atoms with E-state index in [-0.39, 0.29) is 19.8 Å². The molecule has 0 heterocycles. The van der Waals surface area contributed by atoms with Crippen molar-refractivity contribution in [2.24, 2.45) is 0 Å². The van der Waals surface area contributed by atoms with Gasteiger partial charge >= 0.3 is 0 Å². The normalized spacial score (nSPS) is 12.8. The Hall–Kier alpha value is -0.690. The minimum absolute atomic E-state index is 0.00675. The molecule has 3 N–H and O–H groups in total. The first-order valence-corrected chi connectivity index (χ1v) is 6.98. The standard InChI is InChI=1S/C14H22ClNO4/c15-14-4-2-1-3-12(14)10-20-11-13(19)9-16(5-7-17)6-8-18/h1-4,13,17-19H,5-11H2/t13-/m1/s1. The molecule has 1 aromatic carbocycles. The maximum atomic E-state index is 9.86. The van der Waals surface area contributed by atoms with Crippen molar-refractivity contribution < 1.29 is 20.1 Å². The molecule has 0 radical (unpaired) electrons. The topological polar surface area (TPSA) is 73.2 Å². The molecule has 0 amide bonds. The van der Waals surface area contributed by atoms with E-state index in [2.05, 4.69) is 0 Å². The minimum atomic E-state index is -0.671. The number of hydrogen-bond acceptors (Lipinski definition) is 5. The van der Waals surface area contributed by atoms with Crippen LogP contribution in [0.25, 0.3) is 0 Å². The van der Waals surface area contributed by atoms with Gasteiger partial charge in [0.05, 0.1) is 32.5 Å². The molecule has 0 aliphatic carbocycles. The molecule has 0 saturated heterocycles. The van der Waals surface area contributed by atoms with Crippen molar-refractivity contribution >= 4 is 11.6 Å². The first-order valence-electron chi connectivity index (χ1n) is 6.60. The van der Waals surface area contributed by atoms with Gasteiger partial charge in [0, 0.05) is 24.7 Å². The molecule has 114 valence electrons. The van der Waals surface area contributed by atoms with Crippen LogP contribution in [0.5, 0.6) is 0 Å². The highest BCUT2D eigenvalue weighted by Crippen LogP contribution is 2.15. The molecule has 1 aromatic rings. The van der Waals surface area contributed by atoms with Gasteiger partial charge in [0.1, 0.15) is 0 Å². The lowest BCUT2D eigenvalue weighted by Crippen LogP contribution is -2.38. The highest BCUT2D eigenvalue weighted by Gasteiger charge is 2.11. The summed E-state index contributed by atoms with van der Waals surface area (Å²) in [6.07, 6.45) is -0.671. The molecular weight excluding hydrogens is 282 g/mol. The Morgan fingerprint density at radius 1 is 1.15 bits per heavy atom. The fraction of sp³-hybridized carbons (Fsp3) is 0.571. The molecule has 0 spiro atoms. The van der Waals surface area contributed by atoms with E-state index in [0.29, 0.717) is 31.3 Å². The molecule has 0 unspecified atom stereocenters. The number of hydrogen-bond donors (Lipinski definition) is 3. The largest absolute Gasteiger partial charge is 0.395 e. The fourth-order valence-corrected chi connectivity index (χ4v) is 2.04. The lowest BCUT2D eigenvalue weighted by molar-refractivity contribution is 0.00525. The van der Waals surface area contributed by atoms with E-state index < -0.39 is 6.10 Å². The molecule has 0 fully saturated rings. The second-order valence-corrected chi connectivity index (χ2v) is 4.92. The number of benzene rings is 1. The van der Waals surface area contributed by atoms with E-state index in [9.17, 15) is 5.11 Å². The van der Waals surface area contributed by atoms with Crippen molar-refractivity contribution in [2.75, 3.05) is 39.5 Å². The van der Waals surface area contributed by atoms with Gasteiger partial charge in [0.15, 0.2) is 0 Å². The van der Waals surface area contributed by atoms with Gasteiger partial charge in [-0.25, -0.2) is 0 Å². The van der Waals surface area contributed by atoms with Crippen LogP contribution in [0.4, 0.5) is 0 Å². The van der Waals surface area contributed by atoms with Crippen LogP contribution in [0, 0.1) is 0 Å². The third-order valence-corrected chi connectivity index (χ3v) is 3.20. The molecule has 0 bridgehead atoms. The average molecular weight is 304 g/mol. The van der Waals surface area contributed by atoms with Crippen LogP contribution in [0.3, 0.4) is 0 Å². The molecule has 0 aliphatic rings. The maximum Gasteiger partial charge on any atom is 0.0900 e. The SMILES string of the molecule is OCCN(CCO)C[C@@H](O)COCc1ccccc1Cl. The summed E-state index contributed by atoms with van der Waals surface area (Å²) in [5.74, 6) is 0. The zero-order valence-electron chi connectivity index (χ0n) is 11.4. The zero-order valence-corrected chi connectivity index (χ0v) is 12.2. The number of aliphatic hydroxyl groups excluding tert-OH is 3. The number of rotatable bonds is 10. The smallest absolute Gasteiger partial charge is 0.0900 e. The van der Waals surface area contributed by atoms with Crippen molar-refractivity contribution in [1.29, 1.82) is 0 Å². The van der Waals surface area contributed by atoms with Crippen LogP contribution in [-0.2, 0) is 11.3 Å². The maximum absolute atomic E-state index is 9.86. The Labute approximate surface area is 124 Å². The first kappa shape index (κ1) is 17.4. The summed E-state index contributed by atoms with van der Waals surface area (Å²) < 4.78 is 5.43. The van der Waals surface area contributed by atoms with Gasteiger partial charge < -0.3 is 20.1 Å². The van der Waals surface area contributed by atoms with Crippen LogP contribution in [0.2, 0.25) is 5.02 Å². The number of ether oxygens (including phenoxy) is 1. The van der Waals surface area contributed by atoms with E-state index in [4.69, 9.17) is 26.6 Å². The number of aliphatic hydroxyl groups is 3. The molecule has 1 atom stereocenters. The van der Waals surface area contributed by atoms with E-state index >= 15 is 0 Å². The molecule has 1 rings (SSSR count). The zero-order chi connectivity index (χ0) is 14.8. The van der Waals surface area contributed by atoms with E-state index in [0.717, 1.165) is 5.56 Å². The third-order valence-electron chi connectivity index (χ3n) is 2.83. The molecule has 20 heavy (non-hydrogen) atoms. The number of halogens is 1. The summed E-state index contributed by atoms with van der Waals surface area (Å²) in [4.78, 5) is 1.78. The molecule has 0 saturated carbocycles. The highest BCUT2D eigenvalue weighted by atomic mass is 35.5. The van der Waals surface area contributed by atoms with Crippen molar-refractivity contribution in [2.45, 2.75) is 12.7 Å². The Kier molecular flexibility index (Phi) is 8.77. The molecule has 0 aliphatic heterocycles. The van der Waals surface area contributed by atoms with Crippen LogP contribution in [0.15, 0.2) is 24.3 Å². The van der Waals surface area contributed by atoms with Crippen molar-refractivity contribution in [1.82, 2.24) is 4.90 Å².